The number of amides is 4. The van der Waals surface area contributed by atoms with Gasteiger partial charge in [-0.3, -0.25) is 29.8 Å². The number of hydrogen-bond donors (Lipinski definition) is 4. The summed E-state index contributed by atoms with van der Waals surface area (Å²) in [6.07, 6.45) is 13.3. The Kier molecular flexibility index (Phi) is 11.0. The van der Waals surface area contributed by atoms with Gasteiger partial charge in [0, 0.05) is 82.0 Å². The van der Waals surface area contributed by atoms with Gasteiger partial charge in [-0.05, 0) is 55.5 Å². The summed E-state index contributed by atoms with van der Waals surface area (Å²) < 4.78 is 15.1. The van der Waals surface area contributed by atoms with Crippen LogP contribution >= 0.6 is 0 Å². The number of esters is 2. The summed E-state index contributed by atoms with van der Waals surface area (Å²) in [4.78, 5) is 84.2. The second kappa shape index (κ2) is 18.1. The number of hydrogen-bond acceptors (Lipinski definition) is 11. The number of terminal acetylenes is 1. The van der Waals surface area contributed by atoms with E-state index in [1.807, 2.05) is 97.1 Å². The molecule has 2 aliphatic carbocycles. The molecule has 2 aliphatic heterocycles. The van der Waals surface area contributed by atoms with Gasteiger partial charge >= 0.3 is 11.9 Å². The Balaban J connectivity index is 0.000000136. The molecule has 0 radical (unpaired) electrons. The molecule has 1 fully saturated rings. The first-order chi connectivity index (χ1) is 38.0. The first-order valence-electron chi connectivity index (χ1n) is 25.0. The van der Waals surface area contributed by atoms with Gasteiger partial charge in [-0.1, -0.05) is 95.3 Å². The number of ether oxygens (including phenoxy) is 2. The van der Waals surface area contributed by atoms with Crippen LogP contribution < -0.4 is 10.6 Å². The lowest BCUT2D eigenvalue weighted by Gasteiger charge is -2.17. The number of methoxy groups -OCH3 is 2. The molecule has 1 saturated carbocycles. The summed E-state index contributed by atoms with van der Waals surface area (Å²) in [6.45, 7) is 0. The molecule has 4 unspecified atom stereocenters. The Morgan fingerprint density at radius 2 is 1.15 bits per heavy atom. The van der Waals surface area contributed by atoms with Crippen LogP contribution in [-0.4, -0.2) is 89.9 Å². The zero-order valence-corrected chi connectivity index (χ0v) is 41.5. The van der Waals surface area contributed by atoms with E-state index < -0.39 is 11.9 Å². The third kappa shape index (κ3) is 6.98. The number of nitrogens with one attached hydrogen (secondary N) is 4. The second-order valence-corrected chi connectivity index (χ2v) is 19.4. The number of aromatic amines is 2. The minimum absolute atomic E-state index is 0.0506. The number of nitrogens with zero attached hydrogens (tertiary/aromatic N) is 8. The van der Waals surface area contributed by atoms with E-state index in [1.54, 1.807) is 16.8 Å². The SMILES string of the molecule is C#CC(=O)OC.COC(=O)c1cn(C2CCC(n3c4ccccc4c4c5c(c6c7ccccc7[nH]c6c43)C(=O)NC5=O)C2)nn1.[N-]=[N+]=NC1C=CC(n2c3ccccc3c3c4c(c5c6ccccc6[nH]c5c32)C(=O)NC4=O)C1. The molecule has 4 aliphatic rings. The maximum Gasteiger partial charge on any atom is 0.383 e. The van der Waals surface area contributed by atoms with Gasteiger partial charge in [0.2, 0.25) is 0 Å². The predicted octanol–water partition coefficient (Wildman–Crippen LogP) is 9.94. The molecule has 0 spiro atoms. The first kappa shape index (κ1) is 47.2. The highest BCUT2D eigenvalue weighted by Crippen LogP contribution is 2.49. The Morgan fingerprint density at radius 3 is 1.68 bits per heavy atom. The van der Waals surface area contributed by atoms with Crippen molar-refractivity contribution in [3.63, 3.8) is 0 Å². The highest BCUT2D eigenvalue weighted by molar-refractivity contribution is 6.41. The quantitative estimate of drug-likeness (QED) is 0.0185. The van der Waals surface area contributed by atoms with E-state index in [9.17, 15) is 28.8 Å². The summed E-state index contributed by atoms with van der Waals surface area (Å²) >= 11 is 0. The molecule has 5 aromatic heterocycles. The zero-order chi connectivity index (χ0) is 53.7. The number of carbonyl (C=O) groups is 6. The van der Waals surface area contributed by atoms with Crippen LogP contribution in [0.3, 0.4) is 0 Å². The van der Waals surface area contributed by atoms with Crippen LogP contribution in [-0.2, 0) is 14.3 Å². The van der Waals surface area contributed by atoms with E-state index in [2.05, 4.69) is 73.4 Å². The highest BCUT2D eigenvalue weighted by Gasteiger charge is 2.40. The van der Waals surface area contributed by atoms with Gasteiger partial charge in [0.05, 0.1) is 82.9 Å². The van der Waals surface area contributed by atoms with Crippen molar-refractivity contribution in [3.05, 3.63) is 154 Å². The molecule has 15 rings (SSSR count). The molecule has 11 aromatic rings. The molecule has 20 heteroatoms. The lowest BCUT2D eigenvalue weighted by atomic mass is 9.96. The van der Waals surface area contributed by atoms with E-state index in [1.165, 1.54) is 14.2 Å². The van der Waals surface area contributed by atoms with Crippen LogP contribution in [0.4, 0.5) is 0 Å². The fraction of sp³-hybridized carbons (Fsp3) is 0.172. The van der Waals surface area contributed by atoms with Crippen molar-refractivity contribution in [1.29, 1.82) is 0 Å². The van der Waals surface area contributed by atoms with Gasteiger partial charge in [-0.2, -0.15) is 0 Å². The minimum Gasteiger partial charge on any atom is -0.464 e. The maximum atomic E-state index is 13.3. The molecule has 6 aromatic carbocycles. The number of imide groups is 2. The van der Waals surface area contributed by atoms with Gasteiger partial charge < -0.3 is 28.6 Å². The fourth-order valence-electron chi connectivity index (χ4n) is 12.4. The summed E-state index contributed by atoms with van der Waals surface area (Å²) in [5.74, 6) is -0.856. The average Bonchev–Trinajstić information content (AvgIpc) is 3.90. The number of azide groups is 1. The number of benzene rings is 6. The molecule has 4 atom stereocenters. The minimum atomic E-state index is -0.630. The van der Waals surface area contributed by atoms with E-state index in [0.717, 1.165) is 106 Å². The van der Waals surface area contributed by atoms with Crippen LogP contribution in [0.1, 0.15) is 95.7 Å². The Hall–Kier alpha value is -10.5. The van der Waals surface area contributed by atoms with Crippen LogP contribution in [0, 0.1) is 12.3 Å². The number of fused-ring (bicyclic) bond motifs is 20. The predicted molar refractivity (Wildman–Crippen MR) is 291 cm³/mol. The Bertz CT molecular complexity index is 4630. The van der Waals surface area contributed by atoms with Crippen molar-refractivity contribution in [3.8, 4) is 12.3 Å². The molecule has 4 N–H and O–H groups in total. The third-order valence-corrected chi connectivity index (χ3v) is 15.5. The van der Waals surface area contributed by atoms with Crippen molar-refractivity contribution in [2.24, 2.45) is 5.11 Å². The summed E-state index contributed by atoms with van der Waals surface area (Å²) in [5, 5.41) is 23.9. The molecular weight excluding hydrogens is 993 g/mol. The van der Waals surface area contributed by atoms with E-state index in [4.69, 9.17) is 10.3 Å². The Labute approximate surface area is 439 Å². The molecule has 78 heavy (non-hydrogen) atoms. The van der Waals surface area contributed by atoms with Crippen LogP contribution in [0.15, 0.2) is 121 Å². The first-order valence-corrected chi connectivity index (χ1v) is 25.0. The molecular formula is C58H42N12O8. The molecule has 0 saturated heterocycles. The summed E-state index contributed by atoms with van der Waals surface area (Å²) in [6, 6.07) is 31.5. The number of H-pyrrole nitrogens is 2. The standard InChI is InChI=1S/C29H22N6O4.C25H16N6O2.C4H4O2/c1-39-29(38)19-13-34(33-32-19)14-10-11-15(12-14)35-20-9-5-3-7-17(20)22-24-23(27(36)31-28(24)37)21-16-6-2-4-8-18(16)30-25(21)26(22)35;26-30-29-12-9-10-13(11-12)31-17-8-4-2-6-15(17)19-21-20(24(32)28-25(21)33)18-14-5-1-3-7-16(14)27-22(18)23(19)31;1-3-4(5)6-2/h2-9,13-15,30H,10-12H2,1H3,(H,31,36,37);1-10,12-13,27H,11H2,(H,28,32,33);1H,2H3. The largest absolute Gasteiger partial charge is 0.464 e. The van der Waals surface area contributed by atoms with E-state index in [0.29, 0.717) is 28.7 Å². The Morgan fingerprint density at radius 1 is 0.654 bits per heavy atom. The van der Waals surface area contributed by atoms with Crippen molar-refractivity contribution in [2.75, 3.05) is 14.2 Å². The fourth-order valence-corrected chi connectivity index (χ4v) is 12.4. The highest BCUT2D eigenvalue weighted by atomic mass is 16.5. The molecule has 20 nitrogen and oxygen atoms in total. The van der Waals surface area contributed by atoms with Crippen molar-refractivity contribution in [2.45, 2.75) is 49.9 Å². The lowest BCUT2D eigenvalue weighted by Crippen LogP contribution is -2.20. The molecule has 382 valence electrons. The number of aromatic nitrogens is 7. The topological polar surface area (TPSA) is 266 Å². The normalized spacial score (nSPS) is 18.3. The number of rotatable bonds is 5. The van der Waals surface area contributed by atoms with Crippen molar-refractivity contribution >= 4 is 123 Å². The van der Waals surface area contributed by atoms with E-state index in [-0.39, 0.29) is 53.5 Å². The van der Waals surface area contributed by atoms with Gasteiger partial charge in [-0.15, -0.1) is 11.5 Å². The smallest absolute Gasteiger partial charge is 0.383 e. The molecule has 0 bridgehead atoms. The second-order valence-electron chi connectivity index (χ2n) is 19.4. The van der Waals surface area contributed by atoms with Gasteiger partial charge in [0.1, 0.15) is 0 Å². The van der Waals surface area contributed by atoms with Crippen LogP contribution in [0.25, 0.3) is 97.7 Å². The van der Waals surface area contributed by atoms with Crippen molar-refractivity contribution in [1.82, 2.24) is 44.7 Å². The summed E-state index contributed by atoms with van der Waals surface area (Å²) in [5.41, 5.74) is 18.1. The molecule has 7 heterocycles. The number of carbonyl (C=O) groups excluding carboxylic acids is 6. The monoisotopic (exact) mass is 1030 g/mol. The number of allylic oxidation sites excluding steroid dienone is 1. The van der Waals surface area contributed by atoms with Gasteiger partial charge in [0.25, 0.3) is 23.6 Å². The summed E-state index contributed by atoms with van der Waals surface area (Å²) in [7, 11) is 2.56. The third-order valence-electron chi connectivity index (χ3n) is 15.5. The van der Waals surface area contributed by atoms with Gasteiger partial charge in [0.15, 0.2) is 5.69 Å². The zero-order valence-electron chi connectivity index (χ0n) is 41.5. The number of para-hydroxylation sites is 4. The van der Waals surface area contributed by atoms with Crippen molar-refractivity contribution < 1.29 is 38.2 Å². The lowest BCUT2D eigenvalue weighted by molar-refractivity contribution is -0.133. The van der Waals surface area contributed by atoms with Crippen LogP contribution in [0.2, 0.25) is 0 Å². The molecule has 4 amide bonds. The van der Waals surface area contributed by atoms with Gasteiger partial charge in [-0.25, -0.2) is 14.3 Å². The van der Waals surface area contributed by atoms with Crippen LogP contribution in [0.5, 0.6) is 0 Å². The average molecular weight is 1040 g/mol. The van der Waals surface area contributed by atoms with E-state index >= 15 is 0 Å². The maximum absolute atomic E-state index is 13.3.